The lowest BCUT2D eigenvalue weighted by molar-refractivity contribution is 0.176. The number of H-pyrrole nitrogens is 1. The van der Waals surface area contributed by atoms with Crippen LogP contribution < -0.4 is 10.6 Å². The van der Waals surface area contributed by atoms with E-state index in [-0.39, 0.29) is 6.04 Å². The Bertz CT molecular complexity index is 747. The number of rotatable bonds is 2. The molecule has 1 aromatic heterocycles. The van der Waals surface area contributed by atoms with Gasteiger partial charge in [-0.1, -0.05) is 30.3 Å². The predicted molar refractivity (Wildman–Crippen MR) is 85.5 cm³/mol. The Labute approximate surface area is 122 Å². The number of aromatic nitrogens is 1. The minimum atomic E-state index is -0.605. The van der Waals surface area contributed by atoms with E-state index in [9.17, 15) is 5.11 Å². The van der Waals surface area contributed by atoms with Crippen LogP contribution in [0.2, 0.25) is 0 Å². The van der Waals surface area contributed by atoms with E-state index in [0.717, 1.165) is 29.0 Å². The lowest BCUT2D eigenvalue weighted by Crippen LogP contribution is -2.44. The monoisotopic (exact) mass is 279 g/mol. The van der Waals surface area contributed by atoms with Crippen LogP contribution in [0.25, 0.3) is 10.9 Å². The first-order valence-corrected chi connectivity index (χ1v) is 7.16. The van der Waals surface area contributed by atoms with Gasteiger partial charge >= 0.3 is 0 Å². The first kappa shape index (κ1) is 12.3. The van der Waals surface area contributed by atoms with Gasteiger partial charge in [0.15, 0.2) is 0 Å². The summed E-state index contributed by atoms with van der Waals surface area (Å²) < 4.78 is 0. The van der Waals surface area contributed by atoms with Crippen LogP contribution in [0, 0.1) is 0 Å². The van der Waals surface area contributed by atoms with E-state index in [4.69, 9.17) is 0 Å². The molecule has 0 bridgehead atoms. The van der Waals surface area contributed by atoms with Gasteiger partial charge in [0, 0.05) is 17.6 Å². The van der Waals surface area contributed by atoms with E-state index in [1.807, 2.05) is 36.4 Å². The molecule has 0 saturated heterocycles. The molecule has 0 saturated carbocycles. The third kappa shape index (κ3) is 2.23. The third-order valence-electron chi connectivity index (χ3n) is 3.98. The normalized spacial score (nSPS) is 20.6. The van der Waals surface area contributed by atoms with Gasteiger partial charge in [0.2, 0.25) is 0 Å². The van der Waals surface area contributed by atoms with Gasteiger partial charge in [0.1, 0.15) is 6.23 Å². The number of aliphatic hydroxyl groups excluding tert-OH is 1. The van der Waals surface area contributed by atoms with E-state index in [1.165, 1.54) is 5.39 Å². The molecular formula is C17H17N3O. The Morgan fingerprint density at radius 3 is 2.43 bits per heavy atom. The standard InChI is InChI=1S/C17H17N3O/c21-17-16(19-14-7-3-4-8-15(14)20-17)10-12-9-11-5-1-2-6-13(11)18-12/h1-9,16-21H,10H2/t16-,17?/m0/s1. The molecule has 21 heavy (non-hydrogen) atoms. The minimum Gasteiger partial charge on any atom is -0.376 e. The summed E-state index contributed by atoms with van der Waals surface area (Å²) in [5, 5.41) is 18.0. The van der Waals surface area contributed by atoms with Crippen molar-refractivity contribution in [2.75, 3.05) is 10.6 Å². The van der Waals surface area contributed by atoms with Crippen LogP contribution in [0.1, 0.15) is 5.69 Å². The highest BCUT2D eigenvalue weighted by molar-refractivity contribution is 5.80. The molecule has 0 amide bonds. The van der Waals surface area contributed by atoms with Gasteiger partial charge in [0.05, 0.1) is 17.4 Å². The Morgan fingerprint density at radius 2 is 1.62 bits per heavy atom. The van der Waals surface area contributed by atoms with Crippen molar-refractivity contribution in [1.29, 1.82) is 0 Å². The quantitative estimate of drug-likeness (QED) is 0.583. The predicted octanol–water partition coefficient (Wildman–Crippen LogP) is 2.94. The highest BCUT2D eigenvalue weighted by Crippen LogP contribution is 2.28. The zero-order chi connectivity index (χ0) is 14.2. The Hall–Kier alpha value is -2.46. The zero-order valence-electron chi connectivity index (χ0n) is 11.5. The molecule has 2 aromatic carbocycles. The first-order chi connectivity index (χ1) is 10.3. The number of hydrogen-bond donors (Lipinski definition) is 4. The van der Waals surface area contributed by atoms with Crippen LogP contribution in [-0.2, 0) is 6.42 Å². The van der Waals surface area contributed by atoms with Crippen molar-refractivity contribution in [2.45, 2.75) is 18.7 Å². The molecule has 0 spiro atoms. The third-order valence-corrected chi connectivity index (χ3v) is 3.98. The number of para-hydroxylation sites is 3. The van der Waals surface area contributed by atoms with Crippen LogP contribution in [0.5, 0.6) is 0 Å². The van der Waals surface area contributed by atoms with E-state index in [2.05, 4.69) is 33.8 Å². The van der Waals surface area contributed by atoms with Gasteiger partial charge in [-0.3, -0.25) is 0 Å². The fourth-order valence-electron chi connectivity index (χ4n) is 2.92. The molecule has 0 radical (unpaired) electrons. The van der Waals surface area contributed by atoms with Crippen molar-refractivity contribution in [3.63, 3.8) is 0 Å². The molecule has 4 heteroatoms. The summed E-state index contributed by atoms with van der Waals surface area (Å²) >= 11 is 0. The van der Waals surface area contributed by atoms with Gasteiger partial charge in [-0.15, -0.1) is 0 Å². The fraction of sp³-hybridized carbons (Fsp3) is 0.176. The summed E-state index contributed by atoms with van der Waals surface area (Å²) in [5.41, 5.74) is 4.22. The largest absolute Gasteiger partial charge is 0.376 e. The van der Waals surface area contributed by atoms with Crippen molar-refractivity contribution in [3.05, 3.63) is 60.3 Å². The average Bonchev–Trinajstić information content (AvgIpc) is 2.90. The van der Waals surface area contributed by atoms with Crippen LogP contribution in [0.15, 0.2) is 54.6 Å². The highest BCUT2D eigenvalue weighted by Gasteiger charge is 2.25. The number of hydrogen-bond acceptors (Lipinski definition) is 3. The van der Waals surface area contributed by atoms with Crippen molar-refractivity contribution in [3.8, 4) is 0 Å². The van der Waals surface area contributed by atoms with Gasteiger partial charge in [0.25, 0.3) is 0 Å². The van der Waals surface area contributed by atoms with Crippen molar-refractivity contribution < 1.29 is 5.11 Å². The number of aliphatic hydroxyl groups is 1. The molecule has 4 nitrogen and oxygen atoms in total. The smallest absolute Gasteiger partial charge is 0.145 e. The summed E-state index contributed by atoms with van der Waals surface area (Å²) in [5.74, 6) is 0. The lowest BCUT2D eigenvalue weighted by atomic mass is 10.1. The van der Waals surface area contributed by atoms with Gasteiger partial charge < -0.3 is 20.7 Å². The van der Waals surface area contributed by atoms with Crippen molar-refractivity contribution >= 4 is 22.3 Å². The maximum Gasteiger partial charge on any atom is 0.145 e. The Kier molecular flexibility index (Phi) is 2.82. The Morgan fingerprint density at radius 1 is 0.905 bits per heavy atom. The molecule has 1 aliphatic heterocycles. The molecule has 3 aromatic rings. The number of fused-ring (bicyclic) bond motifs is 2. The molecule has 1 aliphatic rings. The number of nitrogens with one attached hydrogen (secondary N) is 3. The van der Waals surface area contributed by atoms with Crippen LogP contribution in [0.3, 0.4) is 0 Å². The molecule has 4 N–H and O–H groups in total. The second kappa shape index (κ2) is 4.82. The molecule has 2 atom stereocenters. The fourth-order valence-corrected chi connectivity index (χ4v) is 2.92. The van der Waals surface area contributed by atoms with Gasteiger partial charge in [-0.05, 0) is 29.7 Å². The van der Waals surface area contributed by atoms with E-state index in [1.54, 1.807) is 0 Å². The molecule has 1 unspecified atom stereocenters. The van der Waals surface area contributed by atoms with Crippen LogP contribution in [0.4, 0.5) is 11.4 Å². The first-order valence-electron chi connectivity index (χ1n) is 7.16. The maximum atomic E-state index is 10.3. The second-order valence-corrected chi connectivity index (χ2v) is 5.47. The maximum absolute atomic E-state index is 10.3. The molecule has 2 heterocycles. The van der Waals surface area contributed by atoms with E-state index < -0.39 is 6.23 Å². The minimum absolute atomic E-state index is 0.0621. The van der Waals surface area contributed by atoms with Crippen LogP contribution in [-0.4, -0.2) is 22.4 Å². The summed E-state index contributed by atoms with van der Waals surface area (Å²) in [6.45, 7) is 0. The number of aromatic amines is 1. The summed E-state index contributed by atoms with van der Waals surface area (Å²) in [6, 6.07) is 18.2. The number of anilines is 2. The molecule has 106 valence electrons. The van der Waals surface area contributed by atoms with Crippen molar-refractivity contribution in [2.24, 2.45) is 0 Å². The van der Waals surface area contributed by atoms with E-state index in [0.29, 0.717) is 0 Å². The van der Waals surface area contributed by atoms with Gasteiger partial charge in [-0.2, -0.15) is 0 Å². The zero-order valence-corrected chi connectivity index (χ0v) is 11.5. The molecule has 0 fully saturated rings. The van der Waals surface area contributed by atoms with Crippen LogP contribution >= 0.6 is 0 Å². The average molecular weight is 279 g/mol. The summed E-state index contributed by atoms with van der Waals surface area (Å²) in [6.07, 6.45) is 0.128. The van der Waals surface area contributed by atoms with Crippen molar-refractivity contribution in [1.82, 2.24) is 4.98 Å². The summed E-state index contributed by atoms with van der Waals surface area (Å²) in [4.78, 5) is 3.41. The molecule has 0 aliphatic carbocycles. The summed E-state index contributed by atoms with van der Waals surface area (Å²) in [7, 11) is 0. The second-order valence-electron chi connectivity index (χ2n) is 5.47. The molecule has 4 rings (SSSR count). The molecular weight excluding hydrogens is 262 g/mol. The number of benzene rings is 2. The van der Waals surface area contributed by atoms with E-state index >= 15 is 0 Å². The Balaban J connectivity index is 1.59. The topological polar surface area (TPSA) is 60.1 Å². The SMILES string of the molecule is OC1Nc2ccccc2N[C@H]1Cc1cc2ccccc2[nH]1. The highest BCUT2D eigenvalue weighted by atomic mass is 16.3. The lowest BCUT2D eigenvalue weighted by Gasteiger charge is -2.32. The van der Waals surface area contributed by atoms with Gasteiger partial charge in [-0.25, -0.2) is 0 Å².